The maximum absolute atomic E-state index is 10.3. The van der Waals surface area contributed by atoms with Gasteiger partial charge in [0.1, 0.15) is 12.0 Å². The molecule has 0 saturated heterocycles. The largest absolute Gasteiger partial charge is 0.504 e. The zero-order chi connectivity index (χ0) is 18.8. The van der Waals surface area contributed by atoms with Crippen LogP contribution in [0.2, 0.25) is 0 Å². The van der Waals surface area contributed by atoms with Crippen molar-refractivity contribution in [3.8, 4) is 11.5 Å². The minimum Gasteiger partial charge on any atom is -0.504 e. The summed E-state index contributed by atoms with van der Waals surface area (Å²) < 4.78 is 5.15. The number of nitrogens with one attached hydrogen (secondary N) is 1. The first-order valence-corrected chi connectivity index (χ1v) is 8.36. The van der Waals surface area contributed by atoms with Crippen LogP contribution in [0.25, 0.3) is 11.0 Å². The van der Waals surface area contributed by atoms with Crippen LogP contribution in [0.5, 0.6) is 11.5 Å². The average molecular weight is 362 g/mol. The van der Waals surface area contributed by atoms with Gasteiger partial charge in [-0.2, -0.15) is 0 Å². The molecule has 0 atom stereocenters. The molecule has 7 nitrogen and oxygen atoms in total. The first-order chi connectivity index (χ1) is 13.2. The number of aliphatic hydroxyl groups is 1. The van der Waals surface area contributed by atoms with Gasteiger partial charge in [-0.3, -0.25) is 4.90 Å². The fourth-order valence-electron chi connectivity index (χ4n) is 3.04. The molecule has 27 heavy (non-hydrogen) atoms. The SMILES string of the molecule is COc1ccc(N(c2cccc(CO)c2)c2ncnc3[nH]ccc23)cc1O. The van der Waals surface area contributed by atoms with Crippen LogP contribution in [0, 0.1) is 0 Å². The minimum atomic E-state index is -0.0706. The fraction of sp³-hybridized carbons (Fsp3) is 0.100. The van der Waals surface area contributed by atoms with Gasteiger partial charge in [0.2, 0.25) is 0 Å². The number of aromatic hydroxyl groups is 1. The van der Waals surface area contributed by atoms with Crippen LogP contribution >= 0.6 is 0 Å². The first kappa shape index (κ1) is 16.9. The van der Waals surface area contributed by atoms with E-state index in [1.54, 1.807) is 18.3 Å². The predicted octanol–water partition coefficient (Wildman–Crippen LogP) is 3.63. The number of phenolic OH excluding ortho intramolecular Hbond substituents is 1. The van der Waals surface area contributed by atoms with E-state index in [0.717, 1.165) is 16.6 Å². The van der Waals surface area contributed by atoms with E-state index in [2.05, 4.69) is 15.0 Å². The minimum absolute atomic E-state index is 0.0256. The lowest BCUT2D eigenvalue weighted by Gasteiger charge is -2.25. The third kappa shape index (κ3) is 3.04. The van der Waals surface area contributed by atoms with E-state index in [0.29, 0.717) is 22.9 Å². The average Bonchev–Trinajstić information content (AvgIpc) is 3.18. The summed E-state index contributed by atoms with van der Waals surface area (Å²) >= 11 is 0. The number of hydrogen-bond acceptors (Lipinski definition) is 6. The summed E-state index contributed by atoms with van der Waals surface area (Å²) in [7, 11) is 1.50. The Morgan fingerprint density at radius 1 is 1.07 bits per heavy atom. The molecule has 2 aromatic carbocycles. The Hall–Kier alpha value is -3.58. The Balaban J connectivity index is 1.95. The van der Waals surface area contributed by atoms with Gasteiger partial charge in [-0.25, -0.2) is 9.97 Å². The Morgan fingerprint density at radius 3 is 2.70 bits per heavy atom. The van der Waals surface area contributed by atoms with Crippen molar-refractivity contribution in [2.45, 2.75) is 6.61 Å². The standard InChI is InChI=1S/C20H18N4O3/c1-27-18-6-5-15(10-17(18)26)24(14-4-2-3-13(9-14)11-25)20-16-7-8-21-19(16)22-12-23-20/h2-10,12,25-26H,11H2,1H3,(H,21,22,23). The summed E-state index contributed by atoms with van der Waals surface area (Å²) in [5, 5.41) is 20.6. The van der Waals surface area contributed by atoms with Crippen LogP contribution in [0.1, 0.15) is 5.56 Å². The number of H-pyrrole nitrogens is 1. The topological polar surface area (TPSA) is 94.5 Å². The lowest BCUT2D eigenvalue weighted by molar-refractivity contribution is 0.282. The van der Waals surface area contributed by atoms with Crippen LogP contribution in [0.15, 0.2) is 61.1 Å². The van der Waals surface area contributed by atoms with Crippen LogP contribution < -0.4 is 9.64 Å². The molecular formula is C20H18N4O3. The highest BCUT2D eigenvalue weighted by atomic mass is 16.5. The molecule has 4 rings (SSSR count). The lowest BCUT2D eigenvalue weighted by Crippen LogP contribution is -2.12. The van der Waals surface area contributed by atoms with E-state index in [-0.39, 0.29) is 12.4 Å². The molecule has 0 unspecified atom stereocenters. The van der Waals surface area contributed by atoms with Crippen molar-refractivity contribution in [3.63, 3.8) is 0 Å². The van der Waals surface area contributed by atoms with Gasteiger partial charge in [0.05, 0.1) is 24.8 Å². The first-order valence-electron chi connectivity index (χ1n) is 8.36. The van der Waals surface area contributed by atoms with E-state index in [1.807, 2.05) is 41.3 Å². The predicted molar refractivity (Wildman–Crippen MR) is 103 cm³/mol. The van der Waals surface area contributed by atoms with Crippen LogP contribution in [-0.4, -0.2) is 32.3 Å². The maximum Gasteiger partial charge on any atom is 0.160 e. The molecule has 0 fully saturated rings. The van der Waals surface area contributed by atoms with Gasteiger partial charge in [0.15, 0.2) is 17.3 Å². The molecule has 0 bridgehead atoms. The molecule has 7 heteroatoms. The van der Waals surface area contributed by atoms with Gasteiger partial charge >= 0.3 is 0 Å². The van der Waals surface area contributed by atoms with Gasteiger partial charge in [-0.05, 0) is 35.9 Å². The summed E-state index contributed by atoms with van der Waals surface area (Å²) in [6.07, 6.45) is 3.29. The molecule has 0 amide bonds. The van der Waals surface area contributed by atoms with Crippen LogP contribution in [0.4, 0.5) is 17.2 Å². The molecular weight excluding hydrogens is 344 g/mol. The second-order valence-electron chi connectivity index (χ2n) is 5.96. The number of rotatable bonds is 5. The van der Waals surface area contributed by atoms with Crippen LogP contribution in [-0.2, 0) is 6.61 Å². The molecule has 2 aromatic heterocycles. The van der Waals surface area contributed by atoms with E-state index in [9.17, 15) is 10.2 Å². The highest BCUT2D eigenvalue weighted by Crippen LogP contribution is 2.40. The number of aromatic amines is 1. The summed E-state index contributed by atoms with van der Waals surface area (Å²) in [4.78, 5) is 13.7. The number of aliphatic hydroxyl groups excluding tert-OH is 1. The van der Waals surface area contributed by atoms with Gasteiger partial charge < -0.3 is 19.9 Å². The van der Waals surface area contributed by atoms with Crippen molar-refractivity contribution in [1.29, 1.82) is 0 Å². The van der Waals surface area contributed by atoms with E-state index >= 15 is 0 Å². The second-order valence-corrected chi connectivity index (χ2v) is 5.96. The van der Waals surface area contributed by atoms with Crippen molar-refractivity contribution in [2.75, 3.05) is 12.0 Å². The Kier molecular flexibility index (Phi) is 4.35. The Morgan fingerprint density at radius 2 is 1.93 bits per heavy atom. The number of phenols is 1. The van der Waals surface area contributed by atoms with Gasteiger partial charge in [-0.15, -0.1) is 0 Å². The van der Waals surface area contributed by atoms with E-state index < -0.39 is 0 Å². The number of ether oxygens (including phenoxy) is 1. The monoisotopic (exact) mass is 362 g/mol. The number of anilines is 3. The smallest absolute Gasteiger partial charge is 0.160 e. The molecule has 4 aromatic rings. The quantitative estimate of drug-likeness (QED) is 0.502. The molecule has 0 radical (unpaired) electrons. The molecule has 136 valence electrons. The number of benzene rings is 2. The third-order valence-corrected chi connectivity index (χ3v) is 4.32. The molecule has 0 aliphatic carbocycles. The number of aromatic nitrogens is 3. The van der Waals surface area contributed by atoms with Crippen molar-refractivity contribution >= 4 is 28.2 Å². The zero-order valence-electron chi connectivity index (χ0n) is 14.6. The van der Waals surface area contributed by atoms with Gasteiger partial charge in [0.25, 0.3) is 0 Å². The third-order valence-electron chi connectivity index (χ3n) is 4.32. The van der Waals surface area contributed by atoms with E-state index in [4.69, 9.17) is 4.74 Å². The number of hydrogen-bond donors (Lipinski definition) is 3. The summed E-state index contributed by atoms with van der Waals surface area (Å²) in [6, 6.07) is 14.6. The summed E-state index contributed by atoms with van der Waals surface area (Å²) in [5.41, 5.74) is 2.98. The van der Waals surface area contributed by atoms with Crippen molar-refractivity contribution < 1.29 is 14.9 Å². The second kappa shape index (κ2) is 6.97. The van der Waals surface area contributed by atoms with Crippen molar-refractivity contribution in [2.24, 2.45) is 0 Å². The summed E-state index contributed by atoms with van der Waals surface area (Å²) in [5.74, 6) is 1.07. The van der Waals surface area contributed by atoms with Gasteiger partial charge in [0, 0.05) is 18.0 Å². The molecule has 2 heterocycles. The van der Waals surface area contributed by atoms with Crippen molar-refractivity contribution in [1.82, 2.24) is 15.0 Å². The number of methoxy groups -OCH3 is 1. The fourth-order valence-corrected chi connectivity index (χ4v) is 3.04. The normalized spacial score (nSPS) is 10.9. The maximum atomic E-state index is 10.3. The number of fused-ring (bicyclic) bond motifs is 1. The van der Waals surface area contributed by atoms with Crippen molar-refractivity contribution in [3.05, 3.63) is 66.6 Å². The molecule has 0 saturated carbocycles. The summed E-state index contributed by atoms with van der Waals surface area (Å²) in [6.45, 7) is -0.0706. The Bertz CT molecular complexity index is 1090. The molecule has 0 spiro atoms. The van der Waals surface area contributed by atoms with E-state index in [1.165, 1.54) is 13.4 Å². The number of nitrogens with zero attached hydrogens (tertiary/aromatic N) is 3. The molecule has 3 N–H and O–H groups in total. The van der Waals surface area contributed by atoms with Gasteiger partial charge in [-0.1, -0.05) is 12.1 Å². The zero-order valence-corrected chi connectivity index (χ0v) is 14.6. The lowest BCUT2D eigenvalue weighted by atomic mass is 10.1. The molecule has 0 aliphatic heterocycles. The van der Waals surface area contributed by atoms with Crippen LogP contribution in [0.3, 0.4) is 0 Å². The highest BCUT2D eigenvalue weighted by Gasteiger charge is 2.19. The molecule has 0 aliphatic rings. The highest BCUT2D eigenvalue weighted by molar-refractivity contribution is 5.93. The Labute approximate surface area is 155 Å².